The number of rotatable bonds is 5. The van der Waals surface area contributed by atoms with Crippen LogP contribution in [0, 0.1) is 6.92 Å². The van der Waals surface area contributed by atoms with Crippen LogP contribution in [-0.2, 0) is 4.74 Å². The summed E-state index contributed by atoms with van der Waals surface area (Å²) < 4.78 is 5.26. The molecular weight excluding hydrogens is 256 g/mol. The molecule has 6 nitrogen and oxygen atoms in total. The van der Waals surface area contributed by atoms with Crippen LogP contribution in [0.2, 0.25) is 0 Å². The predicted octanol–water partition coefficient (Wildman–Crippen LogP) is 1.47. The maximum atomic E-state index is 12.4. The topological polar surface area (TPSA) is 67.4 Å². The second-order valence-electron chi connectivity index (χ2n) is 4.87. The van der Waals surface area contributed by atoms with Crippen molar-refractivity contribution in [1.82, 2.24) is 14.9 Å². The van der Waals surface area contributed by atoms with Crippen molar-refractivity contribution in [3.8, 4) is 0 Å². The number of nitrogens with zero attached hydrogens (tertiary/aromatic N) is 3. The monoisotopic (exact) mass is 278 g/mol. The van der Waals surface area contributed by atoms with E-state index in [0.717, 1.165) is 25.2 Å². The number of aryl methyl sites for hydroxylation is 1. The molecule has 1 aromatic rings. The third-order valence-electron chi connectivity index (χ3n) is 3.19. The smallest absolute Gasteiger partial charge is 0.272 e. The highest BCUT2D eigenvalue weighted by Crippen LogP contribution is 2.11. The number of amides is 1. The molecule has 1 fully saturated rings. The van der Waals surface area contributed by atoms with Gasteiger partial charge in [-0.05, 0) is 13.3 Å². The Labute approximate surface area is 119 Å². The molecular formula is C14H22N4O2. The van der Waals surface area contributed by atoms with E-state index in [1.54, 1.807) is 17.9 Å². The Balaban J connectivity index is 2.07. The Bertz CT molecular complexity index is 458. The number of carbonyl (C=O) groups is 1. The van der Waals surface area contributed by atoms with Crippen LogP contribution in [0.25, 0.3) is 0 Å². The van der Waals surface area contributed by atoms with Crippen LogP contribution in [0.3, 0.4) is 0 Å². The quantitative estimate of drug-likeness (QED) is 0.826. The molecule has 2 heterocycles. The van der Waals surface area contributed by atoms with Gasteiger partial charge in [-0.25, -0.2) is 9.97 Å². The van der Waals surface area contributed by atoms with E-state index in [1.165, 1.54) is 0 Å². The number of hydrogen-bond donors (Lipinski definition) is 1. The largest absolute Gasteiger partial charge is 0.378 e. The SMILES string of the molecule is CCCCNc1cc(C(=O)N2CCOCC2)nc(C)n1. The first-order valence-corrected chi connectivity index (χ1v) is 7.17. The summed E-state index contributed by atoms with van der Waals surface area (Å²) >= 11 is 0. The summed E-state index contributed by atoms with van der Waals surface area (Å²) in [5, 5.41) is 3.24. The first-order chi connectivity index (χ1) is 9.70. The van der Waals surface area contributed by atoms with Crippen LogP contribution in [0.4, 0.5) is 5.82 Å². The van der Waals surface area contributed by atoms with Gasteiger partial charge in [-0.1, -0.05) is 13.3 Å². The first-order valence-electron chi connectivity index (χ1n) is 7.17. The molecule has 0 bridgehead atoms. The summed E-state index contributed by atoms with van der Waals surface area (Å²) in [6, 6.07) is 1.74. The molecule has 1 N–H and O–H groups in total. The van der Waals surface area contributed by atoms with E-state index in [0.29, 0.717) is 37.8 Å². The van der Waals surface area contributed by atoms with Gasteiger partial charge in [-0.15, -0.1) is 0 Å². The van der Waals surface area contributed by atoms with Gasteiger partial charge in [0.25, 0.3) is 5.91 Å². The van der Waals surface area contributed by atoms with Crippen LogP contribution < -0.4 is 5.32 Å². The Kier molecular flexibility index (Phi) is 5.29. The van der Waals surface area contributed by atoms with Gasteiger partial charge in [0, 0.05) is 25.7 Å². The molecule has 110 valence electrons. The molecule has 0 atom stereocenters. The number of carbonyl (C=O) groups excluding carboxylic acids is 1. The van der Waals surface area contributed by atoms with E-state index in [2.05, 4.69) is 22.2 Å². The number of hydrogen-bond acceptors (Lipinski definition) is 5. The first kappa shape index (κ1) is 14.7. The molecule has 0 aliphatic carbocycles. The van der Waals surface area contributed by atoms with Crippen molar-refractivity contribution >= 4 is 11.7 Å². The molecule has 1 saturated heterocycles. The lowest BCUT2D eigenvalue weighted by Gasteiger charge is -2.26. The van der Waals surface area contributed by atoms with E-state index >= 15 is 0 Å². The Hall–Kier alpha value is -1.69. The van der Waals surface area contributed by atoms with Gasteiger partial charge in [0.05, 0.1) is 13.2 Å². The maximum Gasteiger partial charge on any atom is 0.272 e. The molecule has 0 unspecified atom stereocenters. The highest BCUT2D eigenvalue weighted by Gasteiger charge is 2.20. The predicted molar refractivity (Wildman–Crippen MR) is 76.9 cm³/mol. The van der Waals surface area contributed by atoms with Crippen molar-refractivity contribution in [2.75, 3.05) is 38.2 Å². The minimum atomic E-state index is -0.0441. The number of aromatic nitrogens is 2. The summed E-state index contributed by atoms with van der Waals surface area (Å²) in [5.41, 5.74) is 0.457. The average Bonchev–Trinajstić information content (AvgIpc) is 2.47. The fraction of sp³-hybridized carbons (Fsp3) is 0.643. The summed E-state index contributed by atoms with van der Waals surface area (Å²) in [5.74, 6) is 1.29. The molecule has 6 heteroatoms. The number of nitrogens with one attached hydrogen (secondary N) is 1. The van der Waals surface area contributed by atoms with Crippen molar-refractivity contribution in [2.45, 2.75) is 26.7 Å². The molecule has 0 spiro atoms. The van der Waals surface area contributed by atoms with Crippen LogP contribution >= 0.6 is 0 Å². The molecule has 1 aromatic heterocycles. The maximum absolute atomic E-state index is 12.4. The fourth-order valence-electron chi connectivity index (χ4n) is 2.09. The number of unbranched alkanes of at least 4 members (excludes halogenated alkanes) is 1. The lowest BCUT2D eigenvalue weighted by atomic mass is 10.3. The lowest BCUT2D eigenvalue weighted by molar-refractivity contribution is 0.0299. The summed E-state index contributed by atoms with van der Waals surface area (Å²) in [6.45, 7) is 7.25. The van der Waals surface area contributed by atoms with Crippen LogP contribution in [0.5, 0.6) is 0 Å². The Morgan fingerprint density at radius 2 is 2.15 bits per heavy atom. The number of anilines is 1. The van der Waals surface area contributed by atoms with Crippen molar-refractivity contribution in [2.24, 2.45) is 0 Å². The minimum absolute atomic E-state index is 0.0441. The van der Waals surface area contributed by atoms with Crippen LogP contribution in [0.15, 0.2) is 6.07 Å². The van der Waals surface area contributed by atoms with Gasteiger partial charge >= 0.3 is 0 Å². The third-order valence-corrected chi connectivity index (χ3v) is 3.19. The van der Waals surface area contributed by atoms with E-state index in [4.69, 9.17) is 4.74 Å². The molecule has 1 aliphatic heterocycles. The van der Waals surface area contributed by atoms with Gasteiger partial charge in [-0.2, -0.15) is 0 Å². The highest BCUT2D eigenvalue weighted by molar-refractivity contribution is 5.93. The highest BCUT2D eigenvalue weighted by atomic mass is 16.5. The van der Waals surface area contributed by atoms with Crippen molar-refractivity contribution in [3.63, 3.8) is 0 Å². The molecule has 2 rings (SSSR count). The molecule has 1 amide bonds. The third kappa shape index (κ3) is 3.90. The van der Waals surface area contributed by atoms with Crippen molar-refractivity contribution < 1.29 is 9.53 Å². The van der Waals surface area contributed by atoms with E-state index in [1.807, 2.05) is 0 Å². The summed E-state index contributed by atoms with van der Waals surface area (Å²) in [7, 11) is 0. The molecule has 0 radical (unpaired) electrons. The standard InChI is InChI=1S/C14H22N4O2/c1-3-4-5-15-13-10-12(16-11(2)17-13)14(19)18-6-8-20-9-7-18/h10H,3-9H2,1-2H3,(H,15,16,17). The van der Waals surface area contributed by atoms with E-state index in [-0.39, 0.29) is 5.91 Å². The van der Waals surface area contributed by atoms with Crippen LogP contribution in [0.1, 0.15) is 36.1 Å². The van der Waals surface area contributed by atoms with Gasteiger partial charge in [0.2, 0.25) is 0 Å². The van der Waals surface area contributed by atoms with Gasteiger partial charge in [-0.3, -0.25) is 4.79 Å². The molecule has 20 heavy (non-hydrogen) atoms. The van der Waals surface area contributed by atoms with Gasteiger partial charge in [0.1, 0.15) is 17.3 Å². The van der Waals surface area contributed by atoms with Crippen molar-refractivity contribution in [3.05, 3.63) is 17.6 Å². The lowest BCUT2D eigenvalue weighted by Crippen LogP contribution is -2.41. The second kappa shape index (κ2) is 7.19. The molecule has 0 saturated carbocycles. The summed E-state index contributed by atoms with van der Waals surface area (Å²) in [6.07, 6.45) is 2.20. The minimum Gasteiger partial charge on any atom is -0.378 e. The number of ether oxygens (including phenoxy) is 1. The zero-order valence-corrected chi connectivity index (χ0v) is 12.2. The van der Waals surface area contributed by atoms with Crippen LogP contribution in [-0.4, -0.2) is 53.6 Å². The fourth-order valence-corrected chi connectivity index (χ4v) is 2.09. The Morgan fingerprint density at radius 1 is 1.40 bits per heavy atom. The van der Waals surface area contributed by atoms with E-state index < -0.39 is 0 Å². The normalized spacial score (nSPS) is 15.2. The zero-order chi connectivity index (χ0) is 14.4. The number of morpholine rings is 1. The van der Waals surface area contributed by atoms with Crippen molar-refractivity contribution in [1.29, 1.82) is 0 Å². The Morgan fingerprint density at radius 3 is 2.85 bits per heavy atom. The average molecular weight is 278 g/mol. The van der Waals surface area contributed by atoms with Gasteiger partial charge in [0.15, 0.2) is 0 Å². The molecule has 1 aliphatic rings. The van der Waals surface area contributed by atoms with Gasteiger partial charge < -0.3 is 15.0 Å². The van der Waals surface area contributed by atoms with E-state index in [9.17, 15) is 4.79 Å². The second-order valence-corrected chi connectivity index (χ2v) is 4.87. The summed E-state index contributed by atoms with van der Waals surface area (Å²) in [4.78, 5) is 22.7. The molecule has 0 aromatic carbocycles. The zero-order valence-electron chi connectivity index (χ0n) is 12.2.